The summed E-state index contributed by atoms with van der Waals surface area (Å²) in [6, 6.07) is 5.90. The SMILES string of the molecule is Fc1ccc(NC2C3CC4CC(C3)CC2C4)cc1Br. The molecule has 4 saturated carbocycles. The highest BCUT2D eigenvalue weighted by Crippen LogP contribution is 2.54. The zero-order valence-corrected chi connectivity index (χ0v) is 12.5. The van der Waals surface area contributed by atoms with Gasteiger partial charge in [0, 0.05) is 11.7 Å². The maximum atomic E-state index is 13.3. The van der Waals surface area contributed by atoms with Crippen molar-refractivity contribution in [2.45, 2.75) is 38.1 Å². The first-order valence-electron chi connectivity index (χ1n) is 7.40. The number of hydrogen-bond acceptors (Lipinski definition) is 1. The molecule has 4 aliphatic rings. The molecule has 19 heavy (non-hydrogen) atoms. The standard InChI is InChI=1S/C16H19BrFN/c17-14-8-13(1-2-15(14)18)19-16-11-4-9-3-10(6-11)7-12(16)5-9/h1-2,8-12,16,19H,3-7H2. The van der Waals surface area contributed by atoms with Crippen molar-refractivity contribution in [1.29, 1.82) is 0 Å². The third-order valence-corrected chi connectivity index (χ3v) is 6.09. The molecule has 3 heteroatoms. The van der Waals surface area contributed by atoms with Gasteiger partial charge in [-0.25, -0.2) is 4.39 Å². The molecule has 0 unspecified atom stereocenters. The molecule has 1 N–H and O–H groups in total. The molecule has 102 valence electrons. The number of halogens is 2. The molecule has 0 aromatic heterocycles. The highest BCUT2D eigenvalue weighted by atomic mass is 79.9. The van der Waals surface area contributed by atoms with Crippen molar-refractivity contribution in [2.75, 3.05) is 5.32 Å². The van der Waals surface area contributed by atoms with E-state index in [9.17, 15) is 4.39 Å². The quantitative estimate of drug-likeness (QED) is 0.822. The summed E-state index contributed by atoms with van der Waals surface area (Å²) in [6.45, 7) is 0. The molecule has 0 atom stereocenters. The van der Waals surface area contributed by atoms with Gasteiger partial charge >= 0.3 is 0 Å². The molecule has 0 radical (unpaired) electrons. The minimum absolute atomic E-state index is 0.185. The molecule has 0 saturated heterocycles. The lowest BCUT2D eigenvalue weighted by molar-refractivity contribution is 0.00754. The van der Waals surface area contributed by atoms with E-state index in [1.54, 1.807) is 6.07 Å². The van der Waals surface area contributed by atoms with E-state index >= 15 is 0 Å². The van der Waals surface area contributed by atoms with Crippen molar-refractivity contribution >= 4 is 21.6 Å². The molecule has 0 spiro atoms. The maximum Gasteiger partial charge on any atom is 0.137 e. The van der Waals surface area contributed by atoms with Gasteiger partial charge in [-0.3, -0.25) is 0 Å². The largest absolute Gasteiger partial charge is 0.382 e. The first-order valence-corrected chi connectivity index (χ1v) is 8.20. The van der Waals surface area contributed by atoms with Crippen molar-refractivity contribution in [3.8, 4) is 0 Å². The topological polar surface area (TPSA) is 12.0 Å². The minimum atomic E-state index is -0.185. The Kier molecular flexibility index (Phi) is 2.87. The molecule has 0 heterocycles. The fraction of sp³-hybridized carbons (Fsp3) is 0.625. The van der Waals surface area contributed by atoms with Crippen LogP contribution in [0.4, 0.5) is 10.1 Å². The summed E-state index contributed by atoms with van der Waals surface area (Å²) in [4.78, 5) is 0. The van der Waals surface area contributed by atoms with Gasteiger partial charge in [0.15, 0.2) is 0 Å². The zero-order valence-electron chi connectivity index (χ0n) is 10.9. The van der Waals surface area contributed by atoms with Gasteiger partial charge < -0.3 is 5.32 Å². The molecule has 0 aliphatic heterocycles. The molecule has 4 aliphatic carbocycles. The van der Waals surface area contributed by atoms with E-state index in [4.69, 9.17) is 0 Å². The lowest BCUT2D eigenvalue weighted by Crippen LogP contribution is -2.51. The Morgan fingerprint density at radius 1 is 1.00 bits per heavy atom. The van der Waals surface area contributed by atoms with E-state index < -0.39 is 0 Å². The zero-order chi connectivity index (χ0) is 13.0. The van der Waals surface area contributed by atoms with Crippen LogP contribution >= 0.6 is 15.9 Å². The normalized spacial score (nSPS) is 39.6. The number of hydrogen-bond donors (Lipinski definition) is 1. The summed E-state index contributed by atoms with van der Waals surface area (Å²) in [7, 11) is 0. The average molecular weight is 324 g/mol. The lowest BCUT2D eigenvalue weighted by atomic mass is 9.54. The second-order valence-electron chi connectivity index (χ2n) is 6.73. The summed E-state index contributed by atoms with van der Waals surface area (Å²) >= 11 is 3.27. The number of nitrogens with one attached hydrogen (secondary N) is 1. The lowest BCUT2D eigenvalue weighted by Gasteiger charge is -2.54. The third-order valence-electron chi connectivity index (χ3n) is 5.48. The second-order valence-corrected chi connectivity index (χ2v) is 7.58. The number of benzene rings is 1. The van der Waals surface area contributed by atoms with Gasteiger partial charge in [0.2, 0.25) is 0 Å². The summed E-state index contributed by atoms with van der Waals surface area (Å²) in [5.41, 5.74) is 1.06. The summed E-state index contributed by atoms with van der Waals surface area (Å²) in [6.07, 6.45) is 7.13. The van der Waals surface area contributed by atoms with Gasteiger partial charge in [-0.1, -0.05) is 0 Å². The van der Waals surface area contributed by atoms with Crippen LogP contribution in [0.3, 0.4) is 0 Å². The van der Waals surface area contributed by atoms with Gasteiger partial charge in [0.1, 0.15) is 5.82 Å². The second kappa shape index (κ2) is 4.47. The predicted octanol–water partition coefficient (Wildman–Crippen LogP) is 4.82. The van der Waals surface area contributed by atoms with E-state index in [0.717, 1.165) is 29.4 Å². The van der Waals surface area contributed by atoms with Crippen LogP contribution in [-0.4, -0.2) is 6.04 Å². The molecule has 1 nitrogen and oxygen atoms in total. The summed E-state index contributed by atoms with van der Waals surface area (Å²) in [5, 5.41) is 3.70. The molecular weight excluding hydrogens is 305 g/mol. The average Bonchev–Trinajstić information content (AvgIpc) is 2.37. The Hall–Kier alpha value is -0.570. The van der Waals surface area contributed by atoms with Crippen LogP contribution in [0, 0.1) is 29.5 Å². The molecule has 5 rings (SSSR count). The smallest absolute Gasteiger partial charge is 0.137 e. The fourth-order valence-corrected chi connectivity index (χ4v) is 5.32. The van der Waals surface area contributed by atoms with Crippen LogP contribution in [0.15, 0.2) is 22.7 Å². The van der Waals surface area contributed by atoms with Crippen molar-refractivity contribution in [3.63, 3.8) is 0 Å². The highest BCUT2D eigenvalue weighted by Gasteiger charge is 2.48. The molecular formula is C16H19BrFN. The molecule has 4 fully saturated rings. The van der Waals surface area contributed by atoms with Crippen LogP contribution in [-0.2, 0) is 0 Å². The number of rotatable bonds is 2. The molecule has 4 bridgehead atoms. The van der Waals surface area contributed by atoms with Gasteiger partial charge in [0.05, 0.1) is 4.47 Å². The first kappa shape index (κ1) is 12.2. The highest BCUT2D eigenvalue weighted by molar-refractivity contribution is 9.10. The van der Waals surface area contributed by atoms with Gasteiger partial charge in [-0.2, -0.15) is 0 Å². The van der Waals surface area contributed by atoms with Crippen molar-refractivity contribution < 1.29 is 4.39 Å². The monoisotopic (exact) mass is 323 g/mol. The van der Waals surface area contributed by atoms with Crippen molar-refractivity contribution in [1.82, 2.24) is 0 Å². The Morgan fingerprint density at radius 3 is 2.21 bits per heavy atom. The van der Waals surface area contributed by atoms with Gasteiger partial charge in [-0.15, -0.1) is 0 Å². The van der Waals surface area contributed by atoms with Crippen LogP contribution in [0.5, 0.6) is 0 Å². The third kappa shape index (κ3) is 2.10. The maximum absolute atomic E-state index is 13.3. The van der Waals surface area contributed by atoms with Crippen LogP contribution in [0.25, 0.3) is 0 Å². The Balaban J connectivity index is 1.55. The molecule has 0 amide bonds. The van der Waals surface area contributed by atoms with E-state index in [1.807, 2.05) is 12.1 Å². The fourth-order valence-electron chi connectivity index (χ4n) is 4.94. The Morgan fingerprint density at radius 2 is 1.63 bits per heavy atom. The van der Waals surface area contributed by atoms with Crippen LogP contribution in [0.1, 0.15) is 32.1 Å². The van der Waals surface area contributed by atoms with Crippen LogP contribution in [0.2, 0.25) is 0 Å². The van der Waals surface area contributed by atoms with Gasteiger partial charge in [-0.05, 0) is 89.9 Å². The van der Waals surface area contributed by atoms with E-state index in [0.29, 0.717) is 10.5 Å². The first-order chi connectivity index (χ1) is 9.19. The van der Waals surface area contributed by atoms with E-state index in [-0.39, 0.29) is 5.82 Å². The molecule has 1 aromatic rings. The minimum Gasteiger partial charge on any atom is -0.382 e. The summed E-state index contributed by atoms with van der Waals surface area (Å²) in [5.74, 6) is 3.51. The van der Waals surface area contributed by atoms with Crippen LogP contribution < -0.4 is 5.32 Å². The Bertz CT molecular complexity index is 474. The molecule has 1 aromatic carbocycles. The van der Waals surface area contributed by atoms with Crippen molar-refractivity contribution in [3.05, 3.63) is 28.5 Å². The van der Waals surface area contributed by atoms with Gasteiger partial charge in [0.25, 0.3) is 0 Å². The number of anilines is 1. The summed E-state index contributed by atoms with van der Waals surface area (Å²) < 4.78 is 13.8. The van der Waals surface area contributed by atoms with E-state index in [1.165, 1.54) is 32.1 Å². The predicted molar refractivity (Wildman–Crippen MR) is 78.6 cm³/mol. The Labute approximate surface area is 122 Å². The van der Waals surface area contributed by atoms with Crippen molar-refractivity contribution in [2.24, 2.45) is 23.7 Å². The van der Waals surface area contributed by atoms with E-state index in [2.05, 4.69) is 21.2 Å².